The zero-order valence-electron chi connectivity index (χ0n) is 14.8. The van der Waals surface area contributed by atoms with Crippen molar-refractivity contribution in [3.63, 3.8) is 0 Å². The van der Waals surface area contributed by atoms with Gasteiger partial charge in [0.2, 0.25) is 0 Å². The third kappa shape index (κ3) is 5.43. The summed E-state index contributed by atoms with van der Waals surface area (Å²) in [6.45, 7) is 0. The van der Waals surface area contributed by atoms with E-state index in [2.05, 4.69) is 26.5 Å². The van der Waals surface area contributed by atoms with Crippen LogP contribution < -0.4 is 10.2 Å². The molecule has 0 aliphatic carbocycles. The Morgan fingerprint density at radius 2 is 1.79 bits per heavy atom. The standard InChI is InChI=1S/C21H14BrClN2O4/c22-15-7-10-19(29-21(28)13-5-8-16(23)9-6-13)14(11-15)12-24-25-20(27)17-3-1-2-4-18(17)26/h1-12,26H,(H,25,27). The minimum absolute atomic E-state index is 0.0910. The molecule has 0 heterocycles. The zero-order valence-corrected chi connectivity index (χ0v) is 17.1. The summed E-state index contributed by atoms with van der Waals surface area (Å²) in [4.78, 5) is 24.5. The van der Waals surface area contributed by atoms with Crippen molar-refractivity contribution in [1.82, 2.24) is 5.43 Å². The van der Waals surface area contributed by atoms with E-state index in [9.17, 15) is 14.7 Å². The number of phenols is 1. The van der Waals surface area contributed by atoms with Crippen LogP contribution in [0.15, 0.2) is 76.3 Å². The minimum Gasteiger partial charge on any atom is -0.507 e. The third-order valence-corrected chi connectivity index (χ3v) is 4.52. The lowest BCUT2D eigenvalue weighted by molar-refractivity contribution is 0.0734. The SMILES string of the molecule is O=C(Oc1ccc(Br)cc1C=NNC(=O)c1ccccc1O)c1ccc(Cl)cc1. The minimum atomic E-state index is -0.575. The number of para-hydroxylation sites is 1. The highest BCUT2D eigenvalue weighted by Crippen LogP contribution is 2.23. The molecule has 0 spiro atoms. The molecule has 3 rings (SSSR count). The summed E-state index contributed by atoms with van der Waals surface area (Å²) in [5.41, 5.74) is 3.22. The number of ether oxygens (including phenoxy) is 1. The van der Waals surface area contributed by atoms with E-state index in [0.29, 0.717) is 16.1 Å². The van der Waals surface area contributed by atoms with Gasteiger partial charge < -0.3 is 9.84 Å². The number of benzene rings is 3. The predicted molar refractivity (Wildman–Crippen MR) is 114 cm³/mol. The summed E-state index contributed by atoms with van der Waals surface area (Å²) in [5, 5.41) is 14.1. The first-order valence-electron chi connectivity index (χ1n) is 8.33. The molecule has 29 heavy (non-hydrogen) atoms. The maximum atomic E-state index is 12.3. The Hall–Kier alpha value is -3.16. The summed E-state index contributed by atoms with van der Waals surface area (Å²) in [6, 6.07) is 17.4. The monoisotopic (exact) mass is 472 g/mol. The molecule has 0 saturated carbocycles. The molecule has 0 aliphatic rings. The van der Waals surface area contributed by atoms with Crippen LogP contribution in [0.5, 0.6) is 11.5 Å². The molecule has 3 aromatic rings. The molecule has 0 fully saturated rings. The summed E-state index contributed by atoms with van der Waals surface area (Å²) in [5.74, 6) is -1.03. The lowest BCUT2D eigenvalue weighted by Gasteiger charge is -2.08. The Labute approximate surface area is 179 Å². The fourth-order valence-electron chi connectivity index (χ4n) is 2.34. The van der Waals surface area contributed by atoms with Crippen molar-refractivity contribution < 1.29 is 19.4 Å². The second-order valence-corrected chi connectivity index (χ2v) is 7.15. The van der Waals surface area contributed by atoms with E-state index < -0.39 is 11.9 Å². The van der Waals surface area contributed by atoms with Gasteiger partial charge in [-0.15, -0.1) is 0 Å². The van der Waals surface area contributed by atoms with Crippen molar-refractivity contribution in [2.45, 2.75) is 0 Å². The van der Waals surface area contributed by atoms with Gasteiger partial charge >= 0.3 is 5.97 Å². The van der Waals surface area contributed by atoms with Gasteiger partial charge in [-0.3, -0.25) is 4.79 Å². The van der Waals surface area contributed by atoms with Crippen LogP contribution in [0.1, 0.15) is 26.3 Å². The Morgan fingerprint density at radius 1 is 1.07 bits per heavy atom. The maximum Gasteiger partial charge on any atom is 0.343 e. The first-order valence-corrected chi connectivity index (χ1v) is 9.50. The maximum absolute atomic E-state index is 12.3. The number of nitrogens with zero attached hydrogens (tertiary/aromatic N) is 1. The molecule has 0 aliphatic heterocycles. The van der Waals surface area contributed by atoms with Crippen molar-refractivity contribution in [3.05, 3.63) is 92.9 Å². The van der Waals surface area contributed by atoms with Crippen molar-refractivity contribution in [2.24, 2.45) is 5.10 Å². The Balaban J connectivity index is 1.75. The third-order valence-electron chi connectivity index (χ3n) is 3.77. The highest BCUT2D eigenvalue weighted by Gasteiger charge is 2.12. The number of esters is 1. The normalized spacial score (nSPS) is 10.7. The van der Waals surface area contributed by atoms with Gasteiger partial charge in [-0.1, -0.05) is 39.7 Å². The van der Waals surface area contributed by atoms with Crippen LogP contribution in [0, 0.1) is 0 Å². The number of hydrazone groups is 1. The van der Waals surface area contributed by atoms with E-state index in [1.807, 2.05) is 0 Å². The second kappa shape index (κ2) is 9.36. The first-order chi connectivity index (χ1) is 13.9. The number of carbonyl (C=O) groups excluding carboxylic acids is 2. The average Bonchev–Trinajstić information content (AvgIpc) is 2.70. The number of carbonyl (C=O) groups is 2. The Morgan fingerprint density at radius 3 is 2.52 bits per heavy atom. The number of rotatable bonds is 5. The van der Waals surface area contributed by atoms with Gasteiger partial charge in [0.15, 0.2) is 0 Å². The summed E-state index contributed by atoms with van der Waals surface area (Å²) in [7, 11) is 0. The Bertz CT molecular complexity index is 1080. The van der Waals surface area contributed by atoms with Crippen LogP contribution >= 0.6 is 27.5 Å². The van der Waals surface area contributed by atoms with E-state index >= 15 is 0 Å². The van der Waals surface area contributed by atoms with Gasteiger partial charge in [0.1, 0.15) is 11.5 Å². The van der Waals surface area contributed by atoms with Gasteiger partial charge in [0, 0.05) is 15.1 Å². The molecule has 146 valence electrons. The molecular weight excluding hydrogens is 460 g/mol. The van der Waals surface area contributed by atoms with Crippen LogP contribution in [-0.4, -0.2) is 23.2 Å². The largest absolute Gasteiger partial charge is 0.507 e. The molecule has 0 unspecified atom stereocenters. The topological polar surface area (TPSA) is 88.0 Å². The molecule has 0 aromatic heterocycles. The van der Waals surface area contributed by atoms with Gasteiger partial charge in [0.25, 0.3) is 5.91 Å². The first kappa shape index (κ1) is 20.6. The average molecular weight is 474 g/mol. The fraction of sp³-hybridized carbons (Fsp3) is 0. The number of hydrogen-bond donors (Lipinski definition) is 2. The molecule has 0 atom stereocenters. The van der Waals surface area contributed by atoms with Gasteiger partial charge in [-0.25, -0.2) is 10.2 Å². The van der Waals surface area contributed by atoms with Gasteiger partial charge in [-0.05, 0) is 54.6 Å². The zero-order chi connectivity index (χ0) is 20.8. The molecule has 0 saturated heterocycles. The lowest BCUT2D eigenvalue weighted by Crippen LogP contribution is -2.17. The van der Waals surface area contributed by atoms with Crippen LogP contribution in [-0.2, 0) is 0 Å². The number of aromatic hydroxyl groups is 1. The van der Waals surface area contributed by atoms with Gasteiger partial charge in [-0.2, -0.15) is 5.10 Å². The van der Waals surface area contributed by atoms with Crippen LogP contribution in [0.3, 0.4) is 0 Å². The van der Waals surface area contributed by atoms with Crippen molar-refractivity contribution in [2.75, 3.05) is 0 Å². The molecule has 0 radical (unpaired) electrons. The van der Waals surface area contributed by atoms with E-state index in [-0.39, 0.29) is 17.1 Å². The number of phenolic OH excluding ortho intramolecular Hbond substituents is 1. The number of halogens is 2. The number of hydrogen-bond acceptors (Lipinski definition) is 5. The number of amides is 1. The van der Waals surface area contributed by atoms with Crippen molar-refractivity contribution >= 4 is 45.6 Å². The quantitative estimate of drug-likeness (QED) is 0.241. The predicted octanol–water partition coefficient (Wildman–Crippen LogP) is 4.79. The smallest absolute Gasteiger partial charge is 0.343 e. The summed E-state index contributed by atoms with van der Waals surface area (Å²) < 4.78 is 6.17. The molecule has 6 nitrogen and oxygen atoms in total. The second-order valence-electron chi connectivity index (χ2n) is 5.79. The van der Waals surface area contributed by atoms with Crippen LogP contribution in [0.25, 0.3) is 0 Å². The van der Waals surface area contributed by atoms with Crippen LogP contribution in [0.2, 0.25) is 5.02 Å². The van der Waals surface area contributed by atoms with E-state index in [4.69, 9.17) is 16.3 Å². The summed E-state index contributed by atoms with van der Waals surface area (Å²) >= 11 is 9.18. The fourth-order valence-corrected chi connectivity index (χ4v) is 2.85. The van der Waals surface area contributed by atoms with Crippen LogP contribution in [0.4, 0.5) is 0 Å². The summed E-state index contributed by atoms with van der Waals surface area (Å²) in [6.07, 6.45) is 1.34. The highest BCUT2D eigenvalue weighted by atomic mass is 79.9. The molecule has 8 heteroatoms. The Kier molecular flexibility index (Phi) is 6.64. The van der Waals surface area contributed by atoms with E-state index in [0.717, 1.165) is 4.47 Å². The molecule has 3 aromatic carbocycles. The van der Waals surface area contributed by atoms with Crippen molar-refractivity contribution in [3.8, 4) is 11.5 Å². The van der Waals surface area contributed by atoms with E-state index in [1.165, 1.54) is 18.3 Å². The number of nitrogens with one attached hydrogen (secondary N) is 1. The van der Waals surface area contributed by atoms with Crippen molar-refractivity contribution in [1.29, 1.82) is 0 Å². The highest BCUT2D eigenvalue weighted by molar-refractivity contribution is 9.10. The lowest BCUT2D eigenvalue weighted by atomic mass is 10.2. The molecular formula is C21H14BrClN2O4. The molecule has 2 N–H and O–H groups in total. The molecule has 0 bridgehead atoms. The van der Waals surface area contributed by atoms with Gasteiger partial charge in [0.05, 0.1) is 17.3 Å². The van der Waals surface area contributed by atoms with E-state index in [1.54, 1.807) is 54.6 Å². The molecule has 1 amide bonds.